The Bertz CT molecular complexity index is 531. The zero-order chi connectivity index (χ0) is 10.4. The van der Waals surface area contributed by atoms with Gasteiger partial charge >= 0.3 is 0 Å². The molecule has 2 N–H and O–H groups in total. The summed E-state index contributed by atoms with van der Waals surface area (Å²) < 4.78 is 0. The topological polar surface area (TPSA) is 38.9 Å². The van der Waals surface area contributed by atoms with Crippen LogP contribution in [0.15, 0.2) is 23.1 Å². The SMILES string of the molecule is Cc1ccc2c(c1)-c1nc(N)sc1CS2. The lowest BCUT2D eigenvalue weighted by Gasteiger charge is -2.14. The van der Waals surface area contributed by atoms with Crippen molar-refractivity contribution in [3.63, 3.8) is 0 Å². The van der Waals surface area contributed by atoms with E-state index in [9.17, 15) is 0 Å². The molecule has 2 nitrogen and oxygen atoms in total. The van der Waals surface area contributed by atoms with Gasteiger partial charge in [0.2, 0.25) is 0 Å². The number of aromatic nitrogens is 1. The number of hydrogen-bond acceptors (Lipinski definition) is 4. The summed E-state index contributed by atoms with van der Waals surface area (Å²) in [5.74, 6) is 1.00. The van der Waals surface area contributed by atoms with Crippen LogP contribution < -0.4 is 5.73 Å². The van der Waals surface area contributed by atoms with Gasteiger partial charge in [-0.1, -0.05) is 11.6 Å². The van der Waals surface area contributed by atoms with Gasteiger partial charge in [0.05, 0.1) is 5.69 Å². The van der Waals surface area contributed by atoms with Gasteiger partial charge in [-0.2, -0.15) is 0 Å². The predicted octanol–water partition coefficient (Wildman–Crippen LogP) is 3.31. The number of fused-ring (bicyclic) bond motifs is 3. The number of nitrogens with two attached hydrogens (primary N) is 1. The van der Waals surface area contributed by atoms with Crippen LogP contribution in [0, 0.1) is 6.92 Å². The fourth-order valence-electron chi connectivity index (χ4n) is 1.78. The summed E-state index contributed by atoms with van der Waals surface area (Å²) in [6, 6.07) is 6.51. The summed E-state index contributed by atoms with van der Waals surface area (Å²) in [7, 11) is 0. The van der Waals surface area contributed by atoms with Crippen LogP contribution in [0.3, 0.4) is 0 Å². The smallest absolute Gasteiger partial charge is 0.180 e. The Hall–Kier alpha value is -1.00. The van der Waals surface area contributed by atoms with E-state index in [1.165, 1.54) is 20.9 Å². The molecule has 0 radical (unpaired) electrons. The fraction of sp³-hybridized carbons (Fsp3) is 0.182. The van der Waals surface area contributed by atoms with Crippen LogP contribution in [-0.2, 0) is 5.75 Å². The standard InChI is InChI=1S/C11H10N2S2/c1-6-2-3-8-7(4-6)10-9(5-14-8)15-11(12)13-10/h2-4H,5H2,1H3,(H2,12,13). The van der Waals surface area contributed by atoms with Gasteiger partial charge in [-0.15, -0.1) is 23.1 Å². The molecule has 0 unspecified atom stereocenters. The van der Waals surface area contributed by atoms with Crippen LogP contribution in [0.5, 0.6) is 0 Å². The van der Waals surface area contributed by atoms with E-state index >= 15 is 0 Å². The maximum absolute atomic E-state index is 5.75. The average molecular weight is 234 g/mol. The Kier molecular flexibility index (Phi) is 2.00. The third-order valence-corrected chi connectivity index (χ3v) is 4.63. The van der Waals surface area contributed by atoms with E-state index in [2.05, 4.69) is 30.1 Å². The van der Waals surface area contributed by atoms with E-state index in [1.807, 2.05) is 11.8 Å². The fourth-order valence-corrected chi connectivity index (χ4v) is 3.73. The van der Waals surface area contributed by atoms with E-state index in [1.54, 1.807) is 11.3 Å². The maximum atomic E-state index is 5.75. The zero-order valence-electron chi connectivity index (χ0n) is 8.28. The molecule has 0 amide bonds. The second-order valence-corrected chi connectivity index (χ2v) is 5.74. The Morgan fingerprint density at radius 2 is 2.27 bits per heavy atom. The minimum atomic E-state index is 0.676. The minimum absolute atomic E-state index is 0.676. The Balaban J connectivity index is 2.27. The number of anilines is 1. The monoisotopic (exact) mass is 234 g/mol. The molecule has 4 heteroatoms. The van der Waals surface area contributed by atoms with Crippen molar-refractivity contribution in [2.24, 2.45) is 0 Å². The molecule has 1 aromatic carbocycles. The summed E-state index contributed by atoms with van der Waals surface area (Å²) in [5.41, 5.74) is 9.36. The molecule has 0 bridgehead atoms. The summed E-state index contributed by atoms with van der Waals surface area (Å²) >= 11 is 3.47. The van der Waals surface area contributed by atoms with E-state index < -0.39 is 0 Å². The molecular weight excluding hydrogens is 224 g/mol. The number of aryl methyl sites for hydroxylation is 1. The molecule has 0 atom stereocenters. The van der Waals surface area contributed by atoms with Gasteiger partial charge in [0.25, 0.3) is 0 Å². The molecule has 1 aliphatic heterocycles. The van der Waals surface area contributed by atoms with Crippen LogP contribution in [0.25, 0.3) is 11.3 Å². The molecule has 1 aromatic heterocycles. The van der Waals surface area contributed by atoms with Crippen molar-refractivity contribution in [1.29, 1.82) is 0 Å². The van der Waals surface area contributed by atoms with Crippen molar-refractivity contribution in [3.05, 3.63) is 28.6 Å². The predicted molar refractivity (Wildman–Crippen MR) is 66.3 cm³/mol. The number of thiazole rings is 1. The van der Waals surface area contributed by atoms with E-state index in [0.717, 1.165) is 11.4 Å². The first-order valence-corrected chi connectivity index (χ1v) is 6.53. The first-order valence-electron chi connectivity index (χ1n) is 4.73. The highest BCUT2D eigenvalue weighted by Crippen LogP contribution is 2.44. The molecule has 0 fully saturated rings. The summed E-state index contributed by atoms with van der Waals surface area (Å²) in [6.45, 7) is 2.11. The number of rotatable bonds is 0. The lowest BCUT2D eigenvalue weighted by Crippen LogP contribution is -1.94. The maximum Gasteiger partial charge on any atom is 0.180 e. The third kappa shape index (κ3) is 1.44. The van der Waals surface area contributed by atoms with Crippen molar-refractivity contribution in [2.75, 3.05) is 5.73 Å². The quantitative estimate of drug-likeness (QED) is 0.760. The largest absolute Gasteiger partial charge is 0.375 e. The second-order valence-electron chi connectivity index (χ2n) is 3.61. The molecule has 76 valence electrons. The highest BCUT2D eigenvalue weighted by atomic mass is 32.2. The molecule has 2 heterocycles. The van der Waals surface area contributed by atoms with Crippen LogP contribution in [0.1, 0.15) is 10.4 Å². The molecule has 15 heavy (non-hydrogen) atoms. The van der Waals surface area contributed by atoms with Crippen LogP contribution in [-0.4, -0.2) is 4.98 Å². The van der Waals surface area contributed by atoms with E-state index in [0.29, 0.717) is 5.13 Å². The van der Waals surface area contributed by atoms with Crippen molar-refractivity contribution in [1.82, 2.24) is 4.98 Å². The number of nitrogens with zero attached hydrogens (tertiary/aromatic N) is 1. The van der Waals surface area contributed by atoms with Gasteiger partial charge in [0.1, 0.15) is 0 Å². The molecule has 0 saturated carbocycles. The number of benzene rings is 1. The summed E-state index contributed by atoms with van der Waals surface area (Å²) in [5, 5.41) is 0.676. The highest BCUT2D eigenvalue weighted by Gasteiger charge is 2.20. The summed E-state index contributed by atoms with van der Waals surface area (Å²) in [6.07, 6.45) is 0. The Morgan fingerprint density at radius 1 is 1.40 bits per heavy atom. The number of thioether (sulfide) groups is 1. The third-order valence-electron chi connectivity index (χ3n) is 2.46. The number of nitrogen functional groups attached to an aromatic ring is 1. The Morgan fingerprint density at radius 3 is 3.13 bits per heavy atom. The van der Waals surface area contributed by atoms with Gasteiger partial charge in [-0.05, 0) is 19.1 Å². The second kappa shape index (κ2) is 3.25. The van der Waals surface area contributed by atoms with Crippen molar-refractivity contribution >= 4 is 28.2 Å². The van der Waals surface area contributed by atoms with Crippen LogP contribution >= 0.6 is 23.1 Å². The molecule has 1 aliphatic rings. The van der Waals surface area contributed by atoms with Gasteiger partial charge in [-0.25, -0.2) is 4.98 Å². The van der Waals surface area contributed by atoms with Gasteiger partial charge in [0, 0.05) is 21.1 Å². The molecule has 2 aromatic rings. The van der Waals surface area contributed by atoms with Crippen molar-refractivity contribution in [3.8, 4) is 11.3 Å². The van der Waals surface area contributed by atoms with Crippen molar-refractivity contribution in [2.45, 2.75) is 17.6 Å². The van der Waals surface area contributed by atoms with Crippen LogP contribution in [0.2, 0.25) is 0 Å². The average Bonchev–Trinajstić information content (AvgIpc) is 2.58. The molecule has 0 spiro atoms. The lowest BCUT2D eigenvalue weighted by molar-refractivity contribution is 1.27. The zero-order valence-corrected chi connectivity index (χ0v) is 9.91. The van der Waals surface area contributed by atoms with E-state index in [-0.39, 0.29) is 0 Å². The Labute approximate surface area is 96.5 Å². The van der Waals surface area contributed by atoms with Gasteiger partial charge in [0.15, 0.2) is 5.13 Å². The van der Waals surface area contributed by atoms with Crippen molar-refractivity contribution < 1.29 is 0 Å². The first-order chi connectivity index (χ1) is 7.24. The van der Waals surface area contributed by atoms with Gasteiger partial charge in [-0.3, -0.25) is 0 Å². The molecule has 0 aliphatic carbocycles. The first kappa shape index (κ1) is 9.24. The number of hydrogen-bond donors (Lipinski definition) is 1. The molecule has 0 saturated heterocycles. The van der Waals surface area contributed by atoms with Gasteiger partial charge < -0.3 is 5.73 Å². The summed E-state index contributed by atoms with van der Waals surface area (Å²) in [4.78, 5) is 7.04. The highest BCUT2D eigenvalue weighted by molar-refractivity contribution is 7.98. The van der Waals surface area contributed by atoms with Crippen LogP contribution in [0.4, 0.5) is 5.13 Å². The normalized spacial score (nSPS) is 13.4. The molecular formula is C11H10N2S2. The van der Waals surface area contributed by atoms with E-state index in [4.69, 9.17) is 5.73 Å². The molecule has 3 rings (SSSR count). The lowest BCUT2D eigenvalue weighted by atomic mass is 10.1. The minimum Gasteiger partial charge on any atom is -0.375 e.